The molecular formula is C19H24ClN5O. The number of aromatic nitrogens is 2. The predicted molar refractivity (Wildman–Crippen MR) is 105 cm³/mol. The van der Waals surface area contributed by atoms with Crippen molar-refractivity contribution in [1.29, 1.82) is 0 Å². The van der Waals surface area contributed by atoms with E-state index in [4.69, 9.17) is 11.6 Å². The van der Waals surface area contributed by atoms with E-state index < -0.39 is 0 Å². The minimum absolute atomic E-state index is 0.0210. The molecule has 1 saturated heterocycles. The molecule has 1 fully saturated rings. The normalized spacial score (nSPS) is 14.4. The summed E-state index contributed by atoms with van der Waals surface area (Å²) < 4.78 is 0. The van der Waals surface area contributed by atoms with Crippen LogP contribution in [0.2, 0.25) is 5.02 Å². The topological polar surface area (TPSA) is 52.6 Å². The first-order chi connectivity index (χ1) is 12.6. The van der Waals surface area contributed by atoms with Crippen molar-refractivity contribution in [2.24, 2.45) is 0 Å². The van der Waals surface area contributed by atoms with Crippen LogP contribution in [-0.2, 0) is 0 Å². The molecule has 3 rings (SSSR count). The van der Waals surface area contributed by atoms with Crippen LogP contribution in [0.4, 0.5) is 11.6 Å². The summed E-state index contributed by atoms with van der Waals surface area (Å²) in [5.41, 5.74) is 1.67. The molecule has 0 spiro atoms. The Hall–Kier alpha value is -2.34. The molecule has 1 amide bonds. The van der Waals surface area contributed by atoms with Gasteiger partial charge < -0.3 is 14.7 Å². The molecule has 26 heavy (non-hydrogen) atoms. The second-order valence-electron chi connectivity index (χ2n) is 6.20. The number of nitrogens with zero attached hydrogens (tertiary/aromatic N) is 5. The second kappa shape index (κ2) is 8.36. The van der Waals surface area contributed by atoms with Crippen molar-refractivity contribution in [3.05, 3.63) is 47.2 Å². The molecule has 0 N–H and O–H groups in total. The maximum Gasteiger partial charge on any atom is 0.256 e. The molecule has 0 bridgehead atoms. The molecule has 2 aromatic rings. The quantitative estimate of drug-likeness (QED) is 0.806. The summed E-state index contributed by atoms with van der Waals surface area (Å²) in [6, 6.07) is 7.92. The van der Waals surface area contributed by atoms with E-state index in [0.717, 1.165) is 36.9 Å². The number of carbonyl (C=O) groups is 1. The van der Waals surface area contributed by atoms with Gasteiger partial charge in [-0.2, -0.15) is 0 Å². The van der Waals surface area contributed by atoms with Crippen LogP contribution in [0.5, 0.6) is 0 Å². The smallest absolute Gasteiger partial charge is 0.256 e. The molecule has 0 aliphatic carbocycles. The summed E-state index contributed by atoms with van der Waals surface area (Å²) in [6.07, 6.45) is 3.26. The maximum atomic E-state index is 12.3. The van der Waals surface area contributed by atoms with Crippen molar-refractivity contribution < 1.29 is 4.79 Å². The van der Waals surface area contributed by atoms with Crippen LogP contribution >= 0.6 is 11.6 Å². The first-order valence-corrected chi connectivity index (χ1v) is 9.37. The highest BCUT2D eigenvalue weighted by Crippen LogP contribution is 2.21. The largest absolute Gasteiger partial charge is 0.368 e. The van der Waals surface area contributed by atoms with Crippen molar-refractivity contribution in [2.45, 2.75) is 13.8 Å². The van der Waals surface area contributed by atoms with Crippen LogP contribution in [0.3, 0.4) is 0 Å². The van der Waals surface area contributed by atoms with Crippen molar-refractivity contribution in [3.8, 4) is 0 Å². The third kappa shape index (κ3) is 4.07. The van der Waals surface area contributed by atoms with Gasteiger partial charge in [0.1, 0.15) is 0 Å². The van der Waals surface area contributed by atoms with Gasteiger partial charge in [0.05, 0.1) is 5.56 Å². The number of halogens is 1. The zero-order valence-electron chi connectivity index (χ0n) is 15.2. The number of anilines is 2. The second-order valence-corrected chi connectivity index (χ2v) is 6.64. The van der Waals surface area contributed by atoms with E-state index in [9.17, 15) is 4.79 Å². The van der Waals surface area contributed by atoms with E-state index in [-0.39, 0.29) is 5.91 Å². The summed E-state index contributed by atoms with van der Waals surface area (Å²) in [5.74, 6) is 0.652. The highest BCUT2D eigenvalue weighted by molar-refractivity contribution is 6.30. The summed E-state index contributed by atoms with van der Waals surface area (Å²) in [5, 5.41) is 0.752. The zero-order valence-corrected chi connectivity index (χ0v) is 16.0. The molecule has 0 saturated carbocycles. The van der Waals surface area contributed by atoms with Gasteiger partial charge in [-0.05, 0) is 32.0 Å². The molecule has 1 aliphatic heterocycles. The first-order valence-electron chi connectivity index (χ1n) is 8.99. The maximum absolute atomic E-state index is 12.3. The third-order valence-electron chi connectivity index (χ3n) is 4.67. The molecule has 6 nitrogen and oxygen atoms in total. The fourth-order valence-corrected chi connectivity index (χ4v) is 3.31. The Balaban J connectivity index is 1.62. The van der Waals surface area contributed by atoms with Gasteiger partial charge in [-0.15, -0.1) is 0 Å². The molecule has 1 aliphatic rings. The highest BCUT2D eigenvalue weighted by Gasteiger charge is 2.20. The van der Waals surface area contributed by atoms with Crippen molar-refractivity contribution in [1.82, 2.24) is 14.9 Å². The first kappa shape index (κ1) is 18.5. The Labute approximate surface area is 159 Å². The lowest BCUT2D eigenvalue weighted by Gasteiger charge is -2.36. The van der Waals surface area contributed by atoms with Gasteiger partial charge >= 0.3 is 0 Å². The number of amides is 1. The van der Waals surface area contributed by atoms with Crippen LogP contribution in [0.15, 0.2) is 36.7 Å². The van der Waals surface area contributed by atoms with Crippen LogP contribution in [-0.4, -0.2) is 60.0 Å². The number of carbonyl (C=O) groups excluding carboxylic acids is 1. The Bertz CT molecular complexity index is 740. The number of rotatable bonds is 5. The minimum Gasteiger partial charge on any atom is -0.368 e. The lowest BCUT2D eigenvalue weighted by atomic mass is 10.2. The molecule has 2 heterocycles. The molecule has 0 atom stereocenters. The van der Waals surface area contributed by atoms with E-state index in [0.29, 0.717) is 24.6 Å². The van der Waals surface area contributed by atoms with E-state index in [1.54, 1.807) is 17.3 Å². The Morgan fingerprint density at radius 1 is 1.08 bits per heavy atom. The van der Waals surface area contributed by atoms with E-state index in [1.165, 1.54) is 0 Å². The fraction of sp³-hybridized carbons (Fsp3) is 0.421. The van der Waals surface area contributed by atoms with Gasteiger partial charge in [-0.3, -0.25) is 4.79 Å². The van der Waals surface area contributed by atoms with Gasteiger partial charge in [0.2, 0.25) is 5.95 Å². The SMILES string of the molecule is CCN(CC)C(=O)c1cnc(N2CCN(c3cccc(Cl)c3)CC2)nc1. The highest BCUT2D eigenvalue weighted by atomic mass is 35.5. The third-order valence-corrected chi connectivity index (χ3v) is 4.91. The lowest BCUT2D eigenvalue weighted by molar-refractivity contribution is 0.0772. The lowest BCUT2D eigenvalue weighted by Crippen LogP contribution is -2.47. The molecule has 138 valence electrons. The molecule has 1 aromatic heterocycles. The average Bonchev–Trinajstić information content (AvgIpc) is 2.69. The van der Waals surface area contributed by atoms with Gasteiger partial charge in [-0.25, -0.2) is 9.97 Å². The van der Waals surface area contributed by atoms with Crippen molar-refractivity contribution in [2.75, 3.05) is 49.1 Å². The molecule has 1 aromatic carbocycles. The van der Waals surface area contributed by atoms with Crippen LogP contribution in [0, 0.1) is 0 Å². The van der Waals surface area contributed by atoms with Gasteiger partial charge in [0.15, 0.2) is 0 Å². The van der Waals surface area contributed by atoms with Crippen LogP contribution in [0.25, 0.3) is 0 Å². The molecule has 0 unspecified atom stereocenters. The number of hydrogen-bond acceptors (Lipinski definition) is 5. The Morgan fingerprint density at radius 3 is 2.27 bits per heavy atom. The minimum atomic E-state index is -0.0210. The summed E-state index contributed by atoms with van der Waals surface area (Å²) in [7, 11) is 0. The number of benzene rings is 1. The van der Waals surface area contributed by atoms with Gasteiger partial charge in [0, 0.05) is 62.4 Å². The summed E-state index contributed by atoms with van der Waals surface area (Å²) in [6.45, 7) is 8.72. The molecule has 0 radical (unpaired) electrons. The Morgan fingerprint density at radius 2 is 1.69 bits per heavy atom. The van der Waals surface area contributed by atoms with E-state index in [2.05, 4.69) is 25.8 Å². The zero-order chi connectivity index (χ0) is 18.5. The molecular weight excluding hydrogens is 350 g/mol. The fourth-order valence-electron chi connectivity index (χ4n) is 3.13. The monoisotopic (exact) mass is 373 g/mol. The van der Waals surface area contributed by atoms with Crippen molar-refractivity contribution in [3.63, 3.8) is 0 Å². The van der Waals surface area contributed by atoms with Gasteiger partial charge in [0.25, 0.3) is 5.91 Å². The predicted octanol–water partition coefficient (Wildman–Crippen LogP) is 2.94. The standard InChI is InChI=1S/C19H24ClN5O/c1-3-23(4-2)18(26)15-13-21-19(22-14-15)25-10-8-24(9-11-25)17-7-5-6-16(20)12-17/h5-7,12-14H,3-4,8-11H2,1-2H3. The average molecular weight is 374 g/mol. The summed E-state index contributed by atoms with van der Waals surface area (Å²) in [4.78, 5) is 27.4. The van der Waals surface area contributed by atoms with Crippen molar-refractivity contribution >= 4 is 29.1 Å². The molecule has 7 heteroatoms. The van der Waals surface area contributed by atoms with E-state index in [1.807, 2.05) is 32.0 Å². The van der Waals surface area contributed by atoms with Crippen LogP contribution in [0.1, 0.15) is 24.2 Å². The van der Waals surface area contributed by atoms with Crippen LogP contribution < -0.4 is 9.80 Å². The Kier molecular flexibility index (Phi) is 5.93. The summed E-state index contributed by atoms with van der Waals surface area (Å²) >= 11 is 6.08. The number of piperazine rings is 1. The van der Waals surface area contributed by atoms with E-state index >= 15 is 0 Å². The van der Waals surface area contributed by atoms with Gasteiger partial charge in [-0.1, -0.05) is 17.7 Å². The number of hydrogen-bond donors (Lipinski definition) is 0.